The lowest BCUT2D eigenvalue weighted by atomic mass is 9.82. The summed E-state index contributed by atoms with van der Waals surface area (Å²) in [6.45, 7) is 4.83. The highest BCUT2D eigenvalue weighted by Gasteiger charge is 2.41. The number of hydrogen-bond donors (Lipinski definition) is 0. The van der Waals surface area contributed by atoms with Crippen LogP contribution in [0.1, 0.15) is 64.7 Å². The highest BCUT2D eigenvalue weighted by molar-refractivity contribution is 5.95. The van der Waals surface area contributed by atoms with E-state index in [1.165, 1.54) is 18.9 Å². The molecule has 0 saturated carbocycles. The SMILES string of the molecule is CC(=O)N1CCC(C(=O)N2CCC(N(C)C(=O)c3cc(C(F)(F)F)cc(C(F)(F)F)c3)C(c3ccccc3C)C2)CC1. The largest absolute Gasteiger partial charge is 0.416 e. The molecule has 0 aliphatic carbocycles. The van der Waals surface area contributed by atoms with Crippen LogP contribution in [0.15, 0.2) is 42.5 Å². The monoisotopic (exact) mass is 597 g/mol. The fraction of sp³-hybridized carbons (Fsp3) is 0.500. The molecule has 2 unspecified atom stereocenters. The first kappa shape index (κ1) is 31.4. The van der Waals surface area contributed by atoms with Gasteiger partial charge in [0.15, 0.2) is 0 Å². The Morgan fingerprint density at radius 3 is 1.90 bits per heavy atom. The van der Waals surface area contributed by atoms with Gasteiger partial charge in [0, 0.05) is 63.6 Å². The van der Waals surface area contributed by atoms with Gasteiger partial charge in [-0.2, -0.15) is 26.3 Å². The van der Waals surface area contributed by atoms with Crippen molar-refractivity contribution in [2.75, 3.05) is 33.2 Å². The van der Waals surface area contributed by atoms with Gasteiger partial charge in [-0.15, -0.1) is 0 Å². The predicted octanol–water partition coefficient (Wildman–Crippen LogP) is 5.75. The number of rotatable bonds is 4. The van der Waals surface area contributed by atoms with E-state index in [9.17, 15) is 40.7 Å². The highest BCUT2D eigenvalue weighted by Crippen LogP contribution is 2.38. The van der Waals surface area contributed by atoms with Crippen LogP contribution in [0.2, 0.25) is 0 Å². The summed E-state index contributed by atoms with van der Waals surface area (Å²) in [7, 11) is 1.38. The molecule has 4 rings (SSSR count). The summed E-state index contributed by atoms with van der Waals surface area (Å²) in [6, 6.07) is 7.67. The molecule has 12 heteroatoms. The summed E-state index contributed by atoms with van der Waals surface area (Å²) in [4.78, 5) is 43.3. The summed E-state index contributed by atoms with van der Waals surface area (Å²) in [5, 5.41) is 0. The Morgan fingerprint density at radius 1 is 0.833 bits per heavy atom. The number of halogens is 6. The average Bonchev–Trinajstić information content (AvgIpc) is 2.95. The van der Waals surface area contributed by atoms with Crippen LogP contribution in [0.25, 0.3) is 0 Å². The third-order valence-electron chi connectivity index (χ3n) is 8.42. The van der Waals surface area contributed by atoms with E-state index in [1.54, 1.807) is 9.80 Å². The molecule has 0 aromatic heterocycles. The number of amides is 3. The van der Waals surface area contributed by atoms with Gasteiger partial charge >= 0.3 is 12.4 Å². The standard InChI is InChI=1S/C30H33F6N3O3/c1-18-6-4-5-7-24(18)25-17-39(28(42)20-8-11-38(12-9-20)19(2)40)13-10-26(25)37(3)27(41)21-14-22(29(31,32)33)16-23(15-21)30(34,35)36/h4-7,14-16,20,25-26H,8-13,17H2,1-3H3. The van der Waals surface area contributed by atoms with Crippen molar-refractivity contribution in [1.82, 2.24) is 14.7 Å². The molecule has 2 aliphatic heterocycles. The molecule has 0 N–H and O–H groups in total. The molecular formula is C30H33F6N3O3. The zero-order valence-corrected chi connectivity index (χ0v) is 23.6. The van der Waals surface area contributed by atoms with Crippen LogP contribution in [-0.2, 0) is 21.9 Å². The smallest absolute Gasteiger partial charge is 0.343 e. The Labute approximate surface area is 240 Å². The quantitative estimate of drug-likeness (QED) is 0.422. The molecule has 2 atom stereocenters. The normalized spacial score (nSPS) is 20.4. The first-order chi connectivity index (χ1) is 19.6. The minimum absolute atomic E-state index is 0.00208. The second-order valence-corrected chi connectivity index (χ2v) is 11.1. The van der Waals surface area contributed by atoms with Gasteiger partial charge in [-0.1, -0.05) is 24.3 Å². The molecule has 228 valence electrons. The van der Waals surface area contributed by atoms with Crippen molar-refractivity contribution >= 4 is 17.7 Å². The first-order valence-electron chi connectivity index (χ1n) is 13.7. The van der Waals surface area contributed by atoms with Crippen LogP contribution in [0.4, 0.5) is 26.3 Å². The number of hydrogen-bond acceptors (Lipinski definition) is 3. The van der Waals surface area contributed by atoms with Gasteiger partial charge in [0.25, 0.3) is 5.91 Å². The van der Waals surface area contributed by atoms with Gasteiger partial charge < -0.3 is 14.7 Å². The Balaban J connectivity index is 1.62. The molecular weight excluding hydrogens is 564 g/mol. The Hall–Kier alpha value is -3.57. The molecule has 3 amide bonds. The minimum atomic E-state index is -5.08. The summed E-state index contributed by atoms with van der Waals surface area (Å²) < 4.78 is 80.8. The minimum Gasteiger partial charge on any atom is -0.343 e. The number of aryl methyl sites for hydroxylation is 1. The van der Waals surface area contributed by atoms with Crippen LogP contribution < -0.4 is 0 Å². The van der Waals surface area contributed by atoms with E-state index in [1.807, 2.05) is 31.2 Å². The lowest BCUT2D eigenvalue weighted by Gasteiger charge is -2.44. The molecule has 0 radical (unpaired) electrons. The maximum absolute atomic E-state index is 13.5. The first-order valence-corrected chi connectivity index (χ1v) is 13.7. The number of likely N-dealkylation sites (N-methyl/N-ethyl adjacent to an activating group) is 1. The van der Waals surface area contributed by atoms with Crippen LogP contribution in [0.3, 0.4) is 0 Å². The van der Waals surface area contributed by atoms with Crippen LogP contribution in [0.5, 0.6) is 0 Å². The van der Waals surface area contributed by atoms with Gasteiger partial charge in [-0.05, 0) is 55.5 Å². The summed E-state index contributed by atoms with van der Waals surface area (Å²) in [5.74, 6) is -1.76. The maximum atomic E-state index is 13.5. The zero-order chi connectivity index (χ0) is 31.0. The number of piperidine rings is 2. The van der Waals surface area contributed by atoms with Crippen LogP contribution in [-0.4, -0.2) is 71.7 Å². The third kappa shape index (κ3) is 6.73. The number of carbonyl (C=O) groups is 3. The fourth-order valence-corrected chi connectivity index (χ4v) is 6.04. The van der Waals surface area contributed by atoms with Crippen molar-refractivity contribution in [2.24, 2.45) is 5.92 Å². The summed E-state index contributed by atoms with van der Waals surface area (Å²) >= 11 is 0. The fourth-order valence-electron chi connectivity index (χ4n) is 6.04. The number of benzene rings is 2. The van der Waals surface area contributed by atoms with Crippen molar-refractivity contribution in [1.29, 1.82) is 0 Å². The molecule has 0 bridgehead atoms. The topological polar surface area (TPSA) is 60.9 Å². The van der Waals surface area contributed by atoms with Gasteiger partial charge in [-0.3, -0.25) is 14.4 Å². The highest BCUT2D eigenvalue weighted by atomic mass is 19.4. The van der Waals surface area contributed by atoms with Gasteiger partial charge in [-0.25, -0.2) is 0 Å². The number of carbonyl (C=O) groups excluding carboxylic acids is 3. The summed E-state index contributed by atoms with van der Waals surface area (Å²) in [5.41, 5.74) is -2.10. The van der Waals surface area contributed by atoms with E-state index in [0.29, 0.717) is 38.1 Å². The van der Waals surface area contributed by atoms with E-state index >= 15 is 0 Å². The molecule has 2 aromatic rings. The predicted molar refractivity (Wildman–Crippen MR) is 142 cm³/mol. The van der Waals surface area contributed by atoms with Crippen molar-refractivity contribution in [3.05, 3.63) is 70.3 Å². The molecule has 6 nitrogen and oxygen atoms in total. The number of likely N-dealkylation sites (tertiary alicyclic amines) is 2. The molecule has 2 heterocycles. The van der Waals surface area contributed by atoms with Crippen LogP contribution >= 0.6 is 0 Å². The second-order valence-electron chi connectivity index (χ2n) is 11.1. The van der Waals surface area contributed by atoms with E-state index in [-0.39, 0.29) is 43.3 Å². The lowest BCUT2D eigenvalue weighted by molar-refractivity contribution is -0.143. The van der Waals surface area contributed by atoms with Gasteiger partial charge in [0.05, 0.1) is 11.1 Å². The number of alkyl halides is 6. The van der Waals surface area contributed by atoms with Crippen molar-refractivity contribution in [2.45, 2.75) is 57.4 Å². The van der Waals surface area contributed by atoms with Crippen molar-refractivity contribution in [3.8, 4) is 0 Å². The third-order valence-corrected chi connectivity index (χ3v) is 8.42. The van der Waals surface area contributed by atoms with Gasteiger partial charge in [0.1, 0.15) is 0 Å². The molecule has 2 aromatic carbocycles. The van der Waals surface area contributed by atoms with Crippen molar-refractivity contribution < 1.29 is 40.7 Å². The van der Waals surface area contributed by atoms with E-state index < -0.39 is 46.9 Å². The van der Waals surface area contributed by atoms with Gasteiger partial charge in [0.2, 0.25) is 11.8 Å². The molecule has 2 saturated heterocycles. The Morgan fingerprint density at radius 2 is 1.38 bits per heavy atom. The van der Waals surface area contributed by atoms with E-state index in [0.717, 1.165) is 11.1 Å². The average molecular weight is 598 g/mol. The van der Waals surface area contributed by atoms with Crippen LogP contribution in [0, 0.1) is 12.8 Å². The Kier molecular flexibility index (Phi) is 8.94. The molecule has 2 aliphatic rings. The molecule has 2 fully saturated rings. The lowest BCUT2D eigenvalue weighted by Crippen LogP contribution is -2.53. The maximum Gasteiger partial charge on any atom is 0.416 e. The summed E-state index contributed by atoms with van der Waals surface area (Å²) in [6.07, 6.45) is -8.81. The molecule has 0 spiro atoms. The van der Waals surface area contributed by atoms with E-state index in [4.69, 9.17) is 0 Å². The number of nitrogens with zero attached hydrogens (tertiary/aromatic N) is 3. The van der Waals surface area contributed by atoms with Crippen molar-refractivity contribution in [3.63, 3.8) is 0 Å². The zero-order valence-electron chi connectivity index (χ0n) is 23.6. The van der Waals surface area contributed by atoms with E-state index in [2.05, 4.69) is 0 Å². The second kappa shape index (κ2) is 12.0. The Bertz CT molecular complexity index is 1300. The molecule has 42 heavy (non-hydrogen) atoms.